The number of rotatable bonds is 6. The Hall–Kier alpha value is -1.47. The Balaban J connectivity index is 2.28. The Morgan fingerprint density at radius 1 is 1.53 bits per heavy atom. The van der Waals surface area contributed by atoms with Gasteiger partial charge in [-0.2, -0.15) is 5.10 Å². The molecule has 1 rings (SSSR count). The summed E-state index contributed by atoms with van der Waals surface area (Å²) in [7, 11) is 1.53. The van der Waals surface area contributed by atoms with Gasteiger partial charge >= 0.3 is 0 Å². The third-order valence-electron chi connectivity index (χ3n) is 2.24. The van der Waals surface area contributed by atoms with Crippen LogP contribution in [0.4, 0.5) is 0 Å². The van der Waals surface area contributed by atoms with Gasteiger partial charge < -0.3 is 15.2 Å². The lowest BCUT2D eigenvalue weighted by Gasteiger charge is -2.18. The van der Waals surface area contributed by atoms with E-state index >= 15 is 0 Å². The number of aliphatic hydroxyl groups is 1. The Morgan fingerprint density at radius 2 is 2.29 bits per heavy atom. The van der Waals surface area contributed by atoms with Crippen LogP contribution in [0, 0.1) is 0 Å². The molecule has 1 heterocycles. The molecule has 96 valence electrons. The van der Waals surface area contributed by atoms with Gasteiger partial charge in [-0.05, 0) is 0 Å². The van der Waals surface area contributed by atoms with E-state index in [4.69, 9.17) is 9.84 Å². The maximum absolute atomic E-state index is 11.6. The summed E-state index contributed by atoms with van der Waals surface area (Å²) in [5.74, 6) is -0.371. The predicted molar refractivity (Wildman–Crippen MR) is 60.4 cm³/mol. The van der Waals surface area contributed by atoms with Gasteiger partial charge in [-0.1, -0.05) is 0 Å². The maximum atomic E-state index is 11.6. The van der Waals surface area contributed by atoms with Gasteiger partial charge in [-0.25, -0.2) is 5.01 Å². The normalized spacial score (nSPS) is 15.8. The van der Waals surface area contributed by atoms with Crippen molar-refractivity contribution in [2.75, 3.05) is 33.4 Å². The van der Waals surface area contributed by atoms with Crippen molar-refractivity contribution in [2.24, 2.45) is 5.10 Å². The van der Waals surface area contributed by atoms with Crippen molar-refractivity contribution in [3.05, 3.63) is 0 Å². The summed E-state index contributed by atoms with van der Waals surface area (Å²) in [6, 6.07) is 0. The molecule has 0 radical (unpaired) electrons. The summed E-state index contributed by atoms with van der Waals surface area (Å²) in [4.78, 5) is 22.7. The lowest BCUT2D eigenvalue weighted by molar-refractivity contribution is -0.130. The molecule has 0 saturated heterocycles. The van der Waals surface area contributed by atoms with E-state index in [1.807, 2.05) is 0 Å². The largest absolute Gasteiger partial charge is 0.394 e. The van der Waals surface area contributed by atoms with E-state index < -0.39 is 0 Å². The van der Waals surface area contributed by atoms with Gasteiger partial charge in [-0.3, -0.25) is 9.59 Å². The first-order valence-corrected chi connectivity index (χ1v) is 5.46. The van der Waals surface area contributed by atoms with Crippen LogP contribution in [0.3, 0.4) is 0 Å². The molecule has 7 nitrogen and oxygen atoms in total. The van der Waals surface area contributed by atoms with E-state index in [-0.39, 0.29) is 25.0 Å². The summed E-state index contributed by atoms with van der Waals surface area (Å²) < 4.78 is 4.99. The zero-order valence-electron chi connectivity index (χ0n) is 9.81. The standard InChI is InChI=1S/C10H17N3O4/c1-13-9(15)3-2-8(12-13)10(16)11-4-6-17-7-5-14/h14H,2-7H2,1H3,(H,11,16). The Bertz CT molecular complexity index is 317. The molecule has 0 aliphatic carbocycles. The second-order valence-corrected chi connectivity index (χ2v) is 3.56. The van der Waals surface area contributed by atoms with E-state index in [1.165, 1.54) is 12.1 Å². The van der Waals surface area contributed by atoms with Gasteiger partial charge in [0, 0.05) is 26.4 Å². The van der Waals surface area contributed by atoms with Crippen LogP contribution in [0.1, 0.15) is 12.8 Å². The molecule has 1 aliphatic rings. The molecule has 0 atom stereocenters. The molecular weight excluding hydrogens is 226 g/mol. The Morgan fingerprint density at radius 3 is 2.94 bits per heavy atom. The van der Waals surface area contributed by atoms with Crippen molar-refractivity contribution >= 4 is 17.5 Å². The highest BCUT2D eigenvalue weighted by Crippen LogP contribution is 2.06. The Kier molecular flexibility index (Phi) is 5.58. The number of hydrogen-bond acceptors (Lipinski definition) is 5. The SMILES string of the molecule is CN1N=C(C(=O)NCCOCCO)CCC1=O. The van der Waals surface area contributed by atoms with Crippen LogP contribution in [0.25, 0.3) is 0 Å². The van der Waals surface area contributed by atoms with Crippen molar-refractivity contribution in [3.63, 3.8) is 0 Å². The minimum Gasteiger partial charge on any atom is -0.394 e. The number of hydrazone groups is 1. The zero-order valence-corrected chi connectivity index (χ0v) is 9.81. The van der Waals surface area contributed by atoms with Crippen LogP contribution < -0.4 is 5.32 Å². The van der Waals surface area contributed by atoms with Crippen molar-refractivity contribution < 1.29 is 19.4 Å². The van der Waals surface area contributed by atoms with E-state index in [0.717, 1.165) is 0 Å². The highest BCUT2D eigenvalue weighted by Gasteiger charge is 2.21. The summed E-state index contributed by atoms with van der Waals surface area (Å²) in [5, 5.41) is 16.2. The van der Waals surface area contributed by atoms with Gasteiger partial charge in [0.2, 0.25) is 5.91 Å². The van der Waals surface area contributed by atoms with Crippen molar-refractivity contribution in [3.8, 4) is 0 Å². The molecule has 2 N–H and O–H groups in total. The summed E-state index contributed by atoms with van der Waals surface area (Å²) >= 11 is 0. The highest BCUT2D eigenvalue weighted by molar-refractivity contribution is 6.39. The number of carbonyl (C=O) groups excluding carboxylic acids is 2. The third-order valence-corrected chi connectivity index (χ3v) is 2.24. The van der Waals surface area contributed by atoms with E-state index in [9.17, 15) is 9.59 Å². The van der Waals surface area contributed by atoms with Crippen molar-refractivity contribution in [1.82, 2.24) is 10.3 Å². The van der Waals surface area contributed by atoms with Gasteiger partial charge in [0.15, 0.2) is 0 Å². The Labute approximate surface area is 99.4 Å². The second-order valence-electron chi connectivity index (χ2n) is 3.56. The first-order valence-electron chi connectivity index (χ1n) is 5.46. The van der Waals surface area contributed by atoms with Crippen LogP contribution in [0.5, 0.6) is 0 Å². The fourth-order valence-corrected chi connectivity index (χ4v) is 1.34. The number of amides is 2. The van der Waals surface area contributed by atoms with Crippen molar-refractivity contribution in [1.29, 1.82) is 0 Å². The maximum Gasteiger partial charge on any atom is 0.267 e. The second kappa shape index (κ2) is 6.97. The summed E-state index contributed by atoms with van der Waals surface area (Å²) in [6.45, 7) is 0.922. The van der Waals surface area contributed by atoms with Crippen molar-refractivity contribution in [2.45, 2.75) is 12.8 Å². The molecule has 0 spiro atoms. The van der Waals surface area contributed by atoms with Crippen LogP contribution in [0.15, 0.2) is 5.10 Å². The molecule has 0 aromatic heterocycles. The molecule has 2 amide bonds. The first kappa shape index (κ1) is 13.6. The molecule has 0 fully saturated rings. The quantitative estimate of drug-likeness (QED) is 0.568. The highest BCUT2D eigenvalue weighted by atomic mass is 16.5. The third kappa shape index (κ3) is 4.49. The molecule has 0 saturated carbocycles. The molecule has 0 unspecified atom stereocenters. The number of nitrogens with zero attached hydrogens (tertiary/aromatic N) is 2. The van der Waals surface area contributed by atoms with Crippen LogP contribution in [0.2, 0.25) is 0 Å². The predicted octanol–water partition coefficient (Wildman–Crippen LogP) is -1.28. The molecule has 17 heavy (non-hydrogen) atoms. The fourth-order valence-electron chi connectivity index (χ4n) is 1.34. The topological polar surface area (TPSA) is 91.2 Å². The van der Waals surface area contributed by atoms with E-state index in [2.05, 4.69) is 10.4 Å². The summed E-state index contributed by atoms with van der Waals surface area (Å²) in [6.07, 6.45) is 0.677. The molecule has 0 aromatic carbocycles. The van der Waals surface area contributed by atoms with Gasteiger partial charge in [-0.15, -0.1) is 0 Å². The minimum absolute atomic E-state index is 0.0342. The number of nitrogens with one attached hydrogen (secondary N) is 1. The smallest absolute Gasteiger partial charge is 0.267 e. The molecule has 1 aliphatic heterocycles. The monoisotopic (exact) mass is 243 g/mol. The van der Waals surface area contributed by atoms with Gasteiger partial charge in [0.05, 0.1) is 19.8 Å². The molecule has 7 heteroatoms. The van der Waals surface area contributed by atoms with Gasteiger partial charge in [0.25, 0.3) is 5.91 Å². The van der Waals surface area contributed by atoms with E-state index in [1.54, 1.807) is 0 Å². The van der Waals surface area contributed by atoms with Crippen LogP contribution >= 0.6 is 0 Å². The molecule has 0 bridgehead atoms. The van der Waals surface area contributed by atoms with Gasteiger partial charge in [0.1, 0.15) is 5.71 Å². The number of carbonyl (C=O) groups is 2. The minimum atomic E-state index is -0.281. The number of aliphatic hydroxyl groups excluding tert-OH is 1. The average molecular weight is 243 g/mol. The molecule has 0 aromatic rings. The average Bonchev–Trinajstić information content (AvgIpc) is 2.32. The molecular formula is C10H17N3O4. The summed E-state index contributed by atoms with van der Waals surface area (Å²) in [5.41, 5.74) is 0.356. The van der Waals surface area contributed by atoms with Crippen LogP contribution in [-0.2, 0) is 14.3 Å². The zero-order chi connectivity index (χ0) is 12.7. The number of hydrogen-bond donors (Lipinski definition) is 2. The van der Waals surface area contributed by atoms with E-state index in [0.29, 0.717) is 31.7 Å². The fraction of sp³-hybridized carbons (Fsp3) is 0.700. The lowest BCUT2D eigenvalue weighted by atomic mass is 10.1. The first-order chi connectivity index (χ1) is 8.15. The number of ether oxygens (including phenoxy) is 1. The van der Waals surface area contributed by atoms with Crippen LogP contribution in [-0.4, -0.2) is 61.1 Å². The lowest BCUT2D eigenvalue weighted by Crippen LogP contribution is -2.38.